The highest BCUT2D eigenvalue weighted by molar-refractivity contribution is 5.17. The van der Waals surface area contributed by atoms with Crippen LogP contribution in [0.3, 0.4) is 0 Å². The van der Waals surface area contributed by atoms with E-state index in [-0.39, 0.29) is 0 Å². The van der Waals surface area contributed by atoms with Gasteiger partial charge in [0.2, 0.25) is 0 Å². The molecule has 2 aliphatic rings. The number of hydrogen-bond donors (Lipinski definition) is 0. The molecule has 0 N–H and O–H groups in total. The Balaban J connectivity index is 2.59. The van der Waals surface area contributed by atoms with Crippen LogP contribution in [0.5, 0.6) is 0 Å². The third-order valence-electron chi connectivity index (χ3n) is 8.67. The Bertz CT molecular complexity index is 366. The lowest BCUT2D eigenvalue weighted by Gasteiger charge is -2.75. The number of fused-ring (bicyclic) bond motifs is 1. The summed E-state index contributed by atoms with van der Waals surface area (Å²) in [5.74, 6) is 4.37. The van der Waals surface area contributed by atoms with Crippen molar-refractivity contribution in [3.63, 3.8) is 0 Å². The molecule has 20 heavy (non-hydrogen) atoms. The van der Waals surface area contributed by atoms with Crippen LogP contribution in [0.4, 0.5) is 0 Å². The zero-order chi connectivity index (χ0) is 15.5. The van der Waals surface area contributed by atoms with E-state index in [1.807, 2.05) is 0 Å². The van der Waals surface area contributed by atoms with Gasteiger partial charge >= 0.3 is 0 Å². The maximum absolute atomic E-state index is 4.41. The van der Waals surface area contributed by atoms with Crippen LogP contribution in [0.1, 0.15) is 74.7 Å². The average molecular weight is 278 g/mol. The first-order valence-electron chi connectivity index (χ1n) is 8.88. The van der Waals surface area contributed by atoms with Crippen molar-refractivity contribution in [3.05, 3.63) is 6.92 Å². The van der Waals surface area contributed by atoms with E-state index in [4.69, 9.17) is 0 Å². The molecule has 2 fully saturated rings. The molecule has 2 saturated carbocycles. The highest BCUT2D eigenvalue weighted by Crippen LogP contribution is 2.75. The summed E-state index contributed by atoms with van der Waals surface area (Å²) in [4.78, 5) is 0. The Hall–Kier alpha value is 0. The fourth-order valence-electron chi connectivity index (χ4n) is 6.76. The summed E-state index contributed by atoms with van der Waals surface area (Å²) in [6, 6.07) is 0. The van der Waals surface area contributed by atoms with E-state index in [1.54, 1.807) is 0 Å². The number of rotatable bonds is 3. The van der Waals surface area contributed by atoms with Crippen molar-refractivity contribution in [3.8, 4) is 0 Å². The lowest BCUT2D eigenvalue weighted by molar-refractivity contribution is -0.257. The minimum absolute atomic E-state index is 0.354. The van der Waals surface area contributed by atoms with Gasteiger partial charge in [-0.2, -0.15) is 6.42 Å². The van der Waals surface area contributed by atoms with Gasteiger partial charge in [0.1, 0.15) is 0 Å². The van der Waals surface area contributed by atoms with Crippen molar-refractivity contribution in [1.29, 1.82) is 0 Å². The quantitative estimate of drug-likeness (QED) is 0.537. The normalized spacial score (nSPS) is 50.7. The van der Waals surface area contributed by atoms with Crippen LogP contribution in [0, 0.1) is 52.8 Å². The molecule has 0 aliphatic heterocycles. The molecule has 0 aromatic rings. The summed E-state index contributed by atoms with van der Waals surface area (Å²) < 4.78 is 0. The van der Waals surface area contributed by atoms with E-state index in [1.165, 1.54) is 12.8 Å². The lowest BCUT2D eigenvalue weighted by atomic mass is 9.31. The molecule has 6 atom stereocenters. The molecule has 2 aliphatic carbocycles. The first kappa shape index (κ1) is 16.4. The maximum atomic E-state index is 4.41. The topological polar surface area (TPSA) is 0 Å². The smallest absolute Gasteiger partial charge is 0.0216 e. The molecule has 118 valence electrons. The fourth-order valence-corrected chi connectivity index (χ4v) is 6.76. The molecule has 0 radical (unpaired) electrons. The van der Waals surface area contributed by atoms with Crippen molar-refractivity contribution < 1.29 is 0 Å². The van der Waals surface area contributed by atoms with E-state index < -0.39 is 0 Å². The SMILES string of the molecule is [CH2-]CC1(C)C2C(C)CC2C(CC)C(C)(C(C)C)C1(C)C. The highest BCUT2D eigenvalue weighted by atomic mass is 14.7. The maximum Gasteiger partial charge on any atom is -0.0216 e. The molecule has 0 spiro atoms. The van der Waals surface area contributed by atoms with Gasteiger partial charge in [-0.25, -0.2) is 0 Å². The minimum Gasteiger partial charge on any atom is -0.343 e. The first-order chi connectivity index (χ1) is 9.09. The minimum atomic E-state index is 0.354. The Morgan fingerprint density at radius 3 is 2.05 bits per heavy atom. The van der Waals surface area contributed by atoms with Crippen LogP contribution in [0.15, 0.2) is 0 Å². The largest absolute Gasteiger partial charge is 0.343 e. The molecule has 0 aromatic heterocycles. The van der Waals surface area contributed by atoms with E-state index in [9.17, 15) is 0 Å². The standard InChI is InChI=1S/C20H37/c1-10-16-15-12-14(5)17(15)19(8,11-2)18(6,7)20(16,9)13(3)4/h13-17H,2,10-12H2,1,3-9H3/q-1. The first-order valence-corrected chi connectivity index (χ1v) is 8.88. The average Bonchev–Trinajstić information content (AvgIpc) is 2.35. The van der Waals surface area contributed by atoms with E-state index in [0.29, 0.717) is 16.2 Å². The Morgan fingerprint density at radius 2 is 1.70 bits per heavy atom. The van der Waals surface area contributed by atoms with Gasteiger partial charge in [-0.3, -0.25) is 0 Å². The molecule has 0 nitrogen and oxygen atoms in total. The molecule has 0 heteroatoms. The van der Waals surface area contributed by atoms with Crippen molar-refractivity contribution in [1.82, 2.24) is 0 Å². The predicted octanol–water partition coefficient (Wildman–Crippen LogP) is 6.22. The summed E-state index contributed by atoms with van der Waals surface area (Å²) in [5, 5.41) is 0. The molecule has 0 heterocycles. The van der Waals surface area contributed by atoms with Crippen LogP contribution in [-0.2, 0) is 0 Å². The van der Waals surface area contributed by atoms with Gasteiger partial charge in [0.15, 0.2) is 0 Å². The monoisotopic (exact) mass is 277 g/mol. The molecule has 0 aromatic carbocycles. The van der Waals surface area contributed by atoms with Gasteiger partial charge in [0, 0.05) is 0 Å². The van der Waals surface area contributed by atoms with Gasteiger partial charge in [0.25, 0.3) is 0 Å². The third kappa shape index (κ3) is 1.60. The van der Waals surface area contributed by atoms with Crippen molar-refractivity contribution in [2.45, 2.75) is 74.7 Å². The predicted molar refractivity (Wildman–Crippen MR) is 89.3 cm³/mol. The number of hydrogen-bond acceptors (Lipinski definition) is 0. The molecule has 2 rings (SSSR count). The Kier molecular flexibility index (Phi) is 3.89. The van der Waals surface area contributed by atoms with Gasteiger partial charge in [-0.1, -0.05) is 67.2 Å². The van der Waals surface area contributed by atoms with Gasteiger partial charge in [-0.05, 0) is 46.8 Å². The van der Waals surface area contributed by atoms with Crippen LogP contribution in [-0.4, -0.2) is 0 Å². The summed E-state index contributed by atoms with van der Waals surface area (Å²) >= 11 is 0. The summed E-state index contributed by atoms with van der Waals surface area (Å²) in [6.45, 7) is 24.5. The van der Waals surface area contributed by atoms with Crippen LogP contribution in [0.25, 0.3) is 0 Å². The second-order valence-corrected chi connectivity index (χ2v) is 9.15. The molecule has 0 saturated heterocycles. The van der Waals surface area contributed by atoms with Crippen LogP contribution < -0.4 is 0 Å². The van der Waals surface area contributed by atoms with E-state index in [2.05, 4.69) is 62.3 Å². The van der Waals surface area contributed by atoms with Crippen molar-refractivity contribution >= 4 is 0 Å². The molecule has 0 amide bonds. The molecule has 0 bridgehead atoms. The van der Waals surface area contributed by atoms with Gasteiger partial charge in [-0.15, -0.1) is 0 Å². The van der Waals surface area contributed by atoms with Crippen LogP contribution >= 0.6 is 0 Å². The molecular weight excluding hydrogens is 240 g/mol. The van der Waals surface area contributed by atoms with E-state index >= 15 is 0 Å². The fraction of sp³-hybridized carbons (Fsp3) is 0.950. The molecular formula is C20H37-. The summed E-state index contributed by atoms with van der Waals surface area (Å²) in [6.07, 6.45) is 3.89. The third-order valence-corrected chi connectivity index (χ3v) is 8.67. The summed E-state index contributed by atoms with van der Waals surface area (Å²) in [5.41, 5.74) is 1.17. The van der Waals surface area contributed by atoms with Crippen molar-refractivity contribution in [2.24, 2.45) is 45.8 Å². The summed E-state index contributed by atoms with van der Waals surface area (Å²) in [7, 11) is 0. The molecule has 6 unspecified atom stereocenters. The Labute approximate surface area is 128 Å². The second-order valence-electron chi connectivity index (χ2n) is 9.15. The lowest BCUT2D eigenvalue weighted by Crippen LogP contribution is -2.68. The zero-order valence-corrected chi connectivity index (χ0v) is 15.2. The van der Waals surface area contributed by atoms with E-state index in [0.717, 1.165) is 36.0 Å². The second kappa shape index (κ2) is 4.75. The Morgan fingerprint density at radius 1 is 1.15 bits per heavy atom. The van der Waals surface area contributed by atoms with Gasteiger partial charge in [0.05, 0.1) is 0 Å². The van der Waals surface area contributed by atoms with Crippen LogP contribution in [0.2, 0.25) is 0 Å². The van der Waals surface area contributed by atoms with Gasteiger partial charge < -0.3 is 6.92 Å². The highest BCUT2D eigenvalue weighted by Gasteiger charge is 2.68. The zero-order valence-electron chi connectivity index (χ0n) is 15.2. The van der Waals surface area contributed by atoms with Crippen molar-refractivity contribution in [2.75, 3.05) is 0 Å².